The van der Waals surface area contributed by atoms with Gasteiger partial charge in [-0.25, -0.2) is 9.59 Å². The molecule has 1 N–H and O–H groups in total. The van der Waals surface area contributed by atoms with E-state index in [9.17, 15) is 19.5 Å². The minimum absolute atomic E-state index is 0.0375. The van der Waals surface area contributed by atoms with E-state index in [1.165, 1.54) is 4.90 Å². The number of piperidine rings is 1. The van der Waals surface area contributed by atoms with Gasteiger partial charge < -0.3 is 38.3 Å². The minimum atomic E-state index is -2.25. The van der Waals surface area contributed by atoms with Crippen LogP contribution in [0.1, 0.15) is 77.8 Å². The fraction of sp³-hybridized carbons (Fsp3) is 0.686. The molecule has 0 radical (unpaired) electrons. The molecule has 11 nitrogen and oxygen atoms in total. The summed E-state index contributed by atoms with van der Waals surface area (Å²) in [7, 11) is -0.190. The second-order valence-electron chi connectivity index (χ2n) is 16.2. The van der Waals surface area contributed by atoms with Crippen molar-refractivity contribution in [2.75, 3.05) is 20.1 Å². The number of esters is 2. The molecule has 3 fully saturated rings. The maximum Gasteiger partial charge on any atom is 0.338 e. The number of ether oxygens (including phenoxy) is 4. The van der Waals surface area contributed by atoms with Crippen LogP contribution in [0, 0.1) is 0 Å². The van der Waals surface area contributed by atoms with Gasteiger partial charge in [0.1, 0.15) is 17.6 Å². The van der Waals surface area contributed by atoms with Crippen LogP contribution >= 0.6 is 0 Å². The molecule has 6 aliphatic rings. The number of rotatable bonds is 6. The van der Waals surface area contributed by atoms with Gasteiger partial charge in [-0.15, -0.1) is 0 Å². The lowest BCUT2D eigenvalue weighted by molar-refractivity contribution is -0.171. The van der Waals surface area contributed by atoms with Crippen LogP contribution in [-0.4, -0.2) is 96.9 Å². The van der Waals surface area contributed by atoms with E-state index in [-0.39, 0.29) is 23.4 Å². The Hall–Kier alpha value is -2.93. The lowest BCUT2D eigenvalue weighted by Gasteiger charge is -2.61. The van der Waals surface area contributed by atoms with Crippen molar-refractivity contribution < 1.29 is 42.9 Å². The van der Waals surface area contributed by atoms with E-state index in [1.807, 2.05) is 12.1 Å². The monoisotopic (exact) mass is 668 g/mol. The van der Waals surface area contributed by atoms with Crippen molar-refractivity contribution in [1.29, 1.82) is 0 Å². The van der Waals surface area contributed by atoms with Crippen LogP contribution in [-0.2, 0) is 40.4 Å². The molecular formula is C35H48N2O9Si. The van der Waals surface area contributed by atoms with Crippen LogP contribution in [0.3, 0.4) is 0 Å². The lowest BCUT2D eigenvalue weighted by Crippen LogP contribution is -2.74. The minimum Gasteiger partial charge on any atom is -0.541 e. The number of likely N-dealkylation sites (N-methyl/N-ethyl adjacent to an activating group) is 1. The number of hydrogen-bond acceptors (Lipinski definition) is 10. The standard InChI is InChI=1S/C35H48N2O9Si/c1-32(2,3)47(7,8)46-22-12-11-20-18-25-35(41)14-13-23(29-34(35,15-17-36(25)6)27(20)28(22)43-29)42-30(39)21-10-9-16-37(21)26(38)19-24-31(40)45-33(4,5)44-24/h11-13,21,24-25,29,41H,9-10,14-19H2,1-8H3/t21-,24-,25-,29-,34-,35+/m0/s1. The van der Waals surface area contributed by atoms with Gasteiger partial charge >= 0.3 is 11.9 Å². The molecule has 2 bridgehead atoms. The van der Waals surface area contributed by atoms with E-state index in [2.05, 4.69) is 51.9 Å². The molecule has 1 aromatic carbocycles. The zero-order valence-corrected chi connectivity index (χ0v) is 29.8. The molecule has 1 amide bonds. The lowest BCUT2D eigenvalue weighted by atomic mass is 9.50. The van der Waals surface area contributed by atoms with Gasteiger partial charge in [-0.2, -0.15) is 0 Å². The highest BCUT2D eigenvalue weighted by atomic mass is 28.4. The fourth-order valence-corrected chi connectivity index (χ4v) is 9.57. The van der Waals surface area contributed by atoms with Gasteiger partial charge in [-0.05, 0) is 75.1 Å². The van der Waals surface area contributed by atoms with E-state index in [0.29, 0.717) is 55.9 Å². The summed E-state index contributed by atoms with van der Waals surface area (Å²) in [6.45, 7) is 15.4. The van der Waals surface area contributed by atoms with E-state index in [4.69, 9.17) is 23.4 Å². The number of hydrogen-bond donors (Lipinski definition) is 1. The topological polar surface area (TPSA) is 124 Å². The summed E-state index contributed by atoms with van der Waals surface area (Å²) in [5.41, 5.74) is 0.161. The Morgan fingerprint density at radius 1 is 1.17 bits per heavy atom. The largest absolute Gasteiger partial charge is 0.541 e. The maximum absolute atomic E-state index is 13.9. The number of amides is 1. The van der Waals surface area contributed by atoms with Gasteiger partial charge in [0.25, 0.3) is 8.32 Å². The molecule has 0 aromatic heterocycles. The summed E-state index contributed by atoms with van der Waals surface area (Å²) in [4.78, 5) is 43.3. The smallest absolute Gasteiger partial charge is 0.338 e. The molecule has 7 rings (SSSR count). The number of carbonyl (C=O) groups is 3. The highest BCUT2D eigenvalue weighted by molar-refractivity contribution is 6.74. The van der Waals surface area contributed by atoms with Crippen molar-refractivity contribution in [3.63, 3.8) is 0 Å². The molecule has 0 saturated carbocycles. The predicted octanol–water partition coefficient (Wildman–Crippen LogP) is 3.95. The van der Waals surface area contributed by atoms with Crippen LogP contribution in [0.4, 0.5) is 0 Å². The number of cyclic esters (lactones) is 1. The van der Waals surface area contributed by atoms with E-state index in [0.717, 1.165) is 17.7 Å². The summed E-state index contributed by atoms with van der Waals surface area (Å²) in [6, 6.07) is 3.20. The first-order valence-corrected chi connectivity index (χ1v) is 19.9. The molecule has 1 aromatic rings. The van der Waals surface area contributed by atoms with Crippen molar-refractivity contribution in [2.45, 2.75) is 132 Å². The van der Waals surface area contributed by atoms with Gasteiger partial charge in [-0.1, -0.05) is 26.8 Å². The second kappa shape index (κ2) is 10.5. The van der Waals surface area contributed by atoms with Crippen molar-refractivity contribution in [3.8, 4) is 11.5 Å². The zero-order chi connectivity index (χ0) is 33.9. The Bertz CT molecular complexity index is 1570. The average Bonchev–Trinajstić information content (AvgIpc) is 3.66. The van der Waals surface area contributed by atoms with Crippen molar-refractivity contribution in [2.24, 2.45) is 0 Å². The van der Waals surface area contributed by atoms with E-state index < -0.39 is 55.3 Å². The average molecular weight is 669 g/mol. The molecule has 4 aliphatic heterocycles. The molecule has 1 spiro atoms. The maximum atomic E-state index is 13.9. The molecule has 6 atom stereocenters. The first-order valence-electron chi connectivity index (χ1n) is 16.9. The first kappa shape index (κ1) is 32.6. The quantitative estimate of drug-likeness (QED) is 0.352. The second-order valence-corrected chi connectivity index (χ2v) is 21.0. The molecule has 47 heavy (non-hydrogen) atoms. The van der Waals surface area contributed by atoms with Crippen molar-refractivity contribution in [3.05, 3.63) is 35.1 Å². The van der Waals surface area contributed by atoms with Gasteiger partial charge in [0.05, 0.1) is 17.4 Å². The molecule has 2 aliphatic carbocycles. The number of nitrogens with zero attached hydrogens (tertiary/aromatic N) is 2. The highest BCUT2D eigenvalue weighted by Crippen LogP contribution is 2.65. The predicted molar refractivity (Wildman–Crippen MR) is 173 cm³/mol. The van der Waals surface area contributed by atoms with Gasteiger partial charge in [0.15, 0.2) is 18.0 Å². The van der Waals surface area contributed by atoms with E-state index in [1.54, 1.807) is 13.8 Å². The molecular weight excluding hydrogens is 620 g/mol. The van der Waals surface area contributed by atoms with Crippen LogP contribution in [0.15, 0.2) is 24.0 Å². The molecule has 4 heterocycles. The van der Waals surface area contributed by atoms with Crippen molar-refractivity contribution in [1.82, 2.24) is 9.80 Å². The fourth-order valence-electron chi connectivity index (χ4n) is 8.55. The third kappa shape index (κ3) is 4.80. The Labute approximate surface area is 277 Å². The van der Waals surface area contributed by atoms with Crippen LogP contribution in [0.2, 0.25) is 18.1 Å². The molecule has 3 saturated heterocycles. The van der Waals surface area contributed by atoms with Gasteiger partial charge in [-0.3, -0.25) is 4.79 Å². The number of carbonyl (C=O) groups excluding carboxylic acids is 3. The summed E-state index contributed by atoms with van der Waals surface area (Å²) in [5, 5.41) is 12.6. The Morgan fingerprint density at radius 2 is 1.91 bits per heavy atom. The highest BCUT2D eigenvalue weighted by Gasteiger charge is 2.72. The third-order valence-electron chi connectivity index (χ3n) is 12.0. The molecule has 12 heteroatoms. The van der Waals surface area contributed by atoms with Crippen LogP contribution in [0.5, 0.6) is 11.5 Å². The number of benzene rings is 1. The van der Waals surface area contributed by atoms with Crippen LogP contribution < -0.4 is 9.16 Å². The molecule has 0 unspecified atom stereocenters. The Kier molecular flexibility index (Phi) is 7.31. The van der Waals surface area contributed by atoms with Gasteiger partial charge in [0, 0.05) is 38.4 Å². The number of aliphatic hydroxyl groups is 1. The third-order valence-corrected chi connectivity index (χ3v) is 16.3. The normalized spacial score (nSPS) is 33.9. The Morgan fingerprint density at radius 3 is 2.60 bits per heavy atom. The summed E-state index contributed by atoms with van der Waals surface area (Å²) in [5.74, 6) is -0.896. The summed E-state index contributed by atoms with van der Waals surface area (Å²) >= 11 is 0. The SMILES string of the molecule is CN1CC[C@]23c4c5ccc(O[Si](C)(C)C(C)(C)C)c4O[C@H]2C(OC(=O)[C@@H]2CCCN2C(=O)C[C@@H]2OC(C)(C)OC2=O)=CC[C@@]3(O)[C@@H]1C5. The summed E-state index contributed by atoms with van der Waals surface area (Å²) in [6.07, 6.45) is 2.55. The van der Waals surface area contributed by atoms with Crippen molar-refractivity contribution >= 4 is 26.2 Å². The zero-order valence-electron chi connectivity index (χ0n) is 28.8. The first-order chi connectivity index (χ1) is 21.9. The molecule has 256 valence electrons. The van der Waals surface area contributed by atoms with Gasteiger partial charge in [0.2, 0.25) is 11.7 Å². The number of likely N-dealkylation sites (tertiary alicyclic amines) is 2. The Balaban J connectivity index is 1.19. The van der Waals surface area contributed by atoms with Crippen LogP contribution in [0.25, 0.3) is 0 Å². The van der Waals surface area contributed by atoms with E-state index >= 15 is 0 Å². The summed E-state index contributed by atoms with van der Waals surface area (Å²) < 4.78 is 30.8.